The quantitative estimate of drug-likeness (QED) is 0.529. The summed E-state index contributed by atoms with van der Waals surface area (Å²) in [7, 11) is 1.86. The van der Waals surface area contributed by atoms with Crippen molar-refractivity contribution in [1.82, 2.24) is 19.7 Å². The van der Waals surface area contributed by atoms with Gasteiger partial charge in [0.05, 0.1) is 5.69 Å². The Hall–Kier alpha value is -3.33. The fraction of sp³-hybridized carbons (Fsp3) is 0.273. The Bertz CT molecular complexity index is 1110. The van der Waals surface area contributed by atoms with Crippen molar-refractivity contribution in [1.29, 1.82) is 0 Å². The molecule has 0 unspecified atom stereocenters. The average molecular weight is 437 g/mol. The number of allylic oxidation sites excluding steroid dienone is 1. The highest BCUT2D eigenvalue weighted by Crippen LogP contribution is 2.34. The number of aromatic nitrogens is 4. The lowest BCUT2D eigenvalue weighted by Gasteiger charge is -2.19. The molecule has 4 rings (SSSR count). The van der Waals surface area contributed by atoms with Crippen LogP contribution in [-0.4, -0.2) is 31.4 Å². The first-order valence-corrected chi connectivity index (χ1v) is 11.3. The number of aryl methyl sites for hydroxylation is 2. The maximum atomic E-state index is 12.0. The van der Waals surface area contributed by atoms with Crippen molar-refractivity contribution in [3.63, 3.8) is 0 Å². The van der Waals surface area contributed by atoms with Gasteiger partial charge in [0, 0.05) is 42.4 Å². The predicted molar refractivity (Wildman–Crippen MR) is 123 cm³/mol. The number of anilines is 3. The molecule has 160 valence electrons. The number of ether oxygens (including phenoxy) is 1. The van der Waals surface area contributed by atoms with Crippen LogP contribution < -0.4 is 15.4 Å². The third kappa shape index (κ3) is 5.43. The van der Waals surface area contributed by atoms with E-state index in [-0.39, 0.29) is 5.91 Å². The lowest BCUT2D eigenvalue weighted by molar-refractivity contribution is -0.111. The number of benzene rings is 1. The van der Waals surface area contributed by atoms with Crippen molar-refractivity contribution in [2.24, 2.45) is 7.05 Å². The maximum absolute atomic E-state index is 12.0. The summed E-state index contributed by atoms with van der Waals surface area (Å²) < 4.78 is 7.88. The number of nitrogens with zero attached hydrogens (tertiary/aromatic N) is 4. The number of carbonyl (C=O) groups is 1. The molecular weight excluding hydrogens is 412 g/mol. The van der Waals surface area contributed by atoms with Gasteiger partial charge in [0.1, 0.15) is 5.75 Å². The normalized spacial score (nSPS) is 13.1. The van der Waals surface area contributed by atoms with Crippen molar-refractivity contribution in [2.75, 3.05) is 16.4 Å². The molecule has 8 nitrogen and oxygen atoms in total. The zero-order chi connectivity index (χ0) is 21.6. The Balaban J connectivity index is 1.58. The maximum Gasteiger partial charge on any atom is 0.248 e. The largest absolute Gasteiger partial charge is 0.438 e. The first kappa shape index (κ1) is 20.9. The molecule has 0 fully saturated rings. The van der Waals surface area contributed by atoms with E-state index in [1.165, 1.54) is 6.08 Å². The molecule has 0 saturated carbocycles. The van der Waals surface area contributed by atoms with Crippen molar-refractivity contribution in [3.05, 3.63) is 59.9 Å². The fourth-order valence-electron chi connectivity index (χ4n) is 3.10. The second kappa shape index (κ2) is 9.65. The van der Waals surface area contributed by atoms with E-state index in [0.29, 0.717) is 29.1 Å². The number of nitrogens with one attached hydrogen (secondary N) is 2. The number of hydrogen-bond donors (Lipinski definition) is 2. The minimum atomic E-state index is -0.170. The molecule has 0 saturated heterocycles. The summed E-state index contributed by atoms with van der Waals surface area (Å²) in [6.07, 6.45) is 6.86. The molecule has 0 aliphatic carbocycles. The van der Waals surface area contributed by atoms with Crippen LogP contribution in [0, 0.1) is 0 Å². The SMILES string of the molecule is CC/C=C/C(=O)Nc1cccc(Oc2nc(Nc3ccn(C)n3)nc3c2CSCC3)c1. The molecule has 2 aromatic heterocycles. The van der Waals surface area contributed by atoms with E-state index in [1.807, 2.05) is 62.3 Å². The number of hydrogen-bond acceptors (Lipinski definition) is 7. The summed E-state index contributed by atoms with van der Waals surface area (Å²) in [5.41, 5.74) is 2.65. The van der Waals surface area contributed by atoms with Crippen molar-refractivity contribution in [3.8, 4) is 11.6 Å². The van der Waals surface area contributed by atoms with Gasteiger partial charge in [-0.25, -0.2) is 4.98 Å². The van der Waals surface area contributed by atoms with Crippen molar-refractivity contribution < 1.29 is 9.53 Å². The molecule has 0 radical (unpaired) electrons. The summed E-state index contributed by atoms with van der Waals surface area (Å²) in [4.78, 5) is 21.3. The van der Waals surface area contributed by atoms with Gasteiger partial charge in [-0.05, 0) is 36.8 Å². The van der Waals surface area contributed by atoms with Gasteiger partial charge in [0.2, 0.25) is 17.7 Å². The van der Waals surface area contributed by atoms with Gasteiger partial charge < -0.3 is 15.4 Å². The van der Waals surface area contributed by atoms with Crippen molar-refractivity contribution in [2.45, 2.75) is 25.5 Å². The van der Waals surface area contributed by atoms with Gasteiger partial charge in [0.15, 0.2) is 5.82 Å². The van der Waals surface area contributed by atoms with Crippen LogP contribution in [0.1, 0.15) is 24.6 Å². The van der Waals surface area contributed by atoms with E-state index in [2.05, 4.69) is 25.7 Å². The topological polar surface area (TPSA) is 94.0 Å². The molecule has 1 aromatic carbocycles. The minimum Gasteiger partial charge on any atom is -0.438 e. The highest BCUT2D eigenvalue weighted by atomic mass is 32.2. The summed E-state index contributed by atoms with van der Waals surface area (Å²) in [5, 5.41) is 10.3. The first-order chi connectivity index (χ1) is 15.1. The van der Waals surface area contributed by atoms with Crippen LogP contribution in [0.15, 0.2) is 48.7 Å². The Kier molecular flexibility index (Phi) is 6.51. The van der Waals surface area contributed by atoms with Gasteiger partial charge in [0.25, 0.3) is 0 Å². The van der Waals surface area contributed by atoms with E-state index < -0.39 is 0 Å². The molecule has 3 heterocycles. The van der Waals surface area contributed by atoms with E-state index in [0.717, 1.165) is 35.6 Å². The fourth-order valence-corrected chi connectivity index (χ4v) is 4.07. The predicted octanol–water partition coefficient (Wildman–Crippen LogP) is 4.44. The van der Waals surface area contributed by atoms with Gasteiger partial charge >= 0.3 is 0 Å². The molecule has 3 aromatic rings. The van der Waals surface area contributed by atoms with Crippen LogP contribution in [0.2, 0.25) is 0 Å². The van der Waals surface area contributed by atoms with Crippen LogP contribution in [0.4, 0.5) is 17.5 Å². The Morgan fingerprint density at radius 3 is 3.03 bits per heavy atom. The first-order valence-electron chi connectivity index (χ1n) is 10.1. The number of fused-ring (bicyclic) bond motifs is 1. The molecule has 0 bridgehead atoms. The Morgan fingerprint density at radius 1 is 1.32 bits per heavy atom. The number of carbonyl (C=O) groups excluding carboxylic acids is 1. The summed E-state index contributed by atoms with van der Waals surface area (Å²) >= 11 is 1.83. The number of thioether (sulfide) groups is 1. The summed E-state index contributed by atoms with van der Waals surface area (Å²) in [5.74, 6) is 3.88. The van der Waals surface area contributed by atoms with Crippen LogP contribution in [0.25, 0.3) is 0 Å². The molecule has 9 heteroatoms. The number of amides is 1. The van der Waals surface area contributed by atoms with E-state index in [1.54, 1.807) is 10.7 Å². The standard InChI is InChI=1S/C22H24N6O2S/c1-3-4-8-20(29)23-15-6-5-7-16(13-15)30-21-17-14-31-12-10-18(17)24-22(26-21)25-19-9-11-28(2)27-19/h4-9,11,13H,3,10,12,14H2,1-2H3,(H,23,29)(H,24,25,26,27)/b8-4+. The molecule has 1 amide bonds. The highest BCUT2D eigenvalue weighted by Gasteiger charge is 2.20. The molecule has 31 heavy (non-hydrogen) atoms. The molecule has 0 spiro atoms. The smallest absolute Gasteiger partial charge is 0.248 e. The summed E-state index contributed by atoms with van der Waals surface area (Å²) in [6.45, 7) is 1.98. The van der Waals surface area contributed by atoms with Gasteiger partial charge in [-0.2, -0.15) is 21.8 Å². The average Bonchev–Trinajstić information content (AvgIpc) is 3.17. The molecule has 1 aliphatic heterocycles. The third-order valence-electron chi connectivity index (χ3n) is 4.56. The van der Waals surface area contributed by atoms with E-state index >= 15 is 0 Å². The molecule has 0 atom stereocenters. The van der Waals surface area contributed by atoms with Crippen LogP contribution >= 0.6 is 11.8 Å². The lowest BCUT2D eigenvalue weighted by atomic mass is 10.2. The monoisotopic (exact) mass is 436 g/mol. The number of rotatable bonds is 7. The van der Waals surface area contributed by atoms with Crippen LogP contribution in [0.3, 0.4) is 0 Å². The molecular formula is C22H24N6O2S. The lowest BCUT2D eigenvalue weighted by Crippen LogP contribution is -2.11. The highest BCUT2D eigenvalue weighted by molar-refractivity contribution is 7.98. The zero-order valence-corrected chi connectivity index (χ0v) is 18.3. The van der Waals surface area contributed by atoms with Gasteiger partial charge in [-0.15, -0.1) is 0 Å². The van der Waals surface area contributed by atoms with Gasteiger partial charge in [-0.3, -0.25) is 9.48 Å². The second-order valence-electron chi connectivity index (χ2n) is 7.01. The third-order valence-corrected chi connectivity index (χ3v) is 5.54. The van der Waals surface area contributed by atoms with Crippen LogP contribution in [-0.2, 0) is 24.0 Å². The molecule has 2 N–H and O–H groups in total. The molecule has 1 aliphatic rings. The second-order valence-corrected chi connectivity index (χ2v) is 8.11. The Morgan fingerprint density at radius 2 is 2.23 bits per heavy atom. The minimum absolute atomic E-state index is 0.170. The van der Waals surface area contributed by atoms with Crippen molar-refractivity contribution >= 4 is 35.1 Å². The van der Waals surface area contributed by atoms with Crippen LogP contribution in [0.5, 0.6) is 11.6 Å². The summed E-state index contributed by atoms with van der Waals surface area (Å²) in [6, 6.07) is 9.15. The van der Waals surface area contributed by atoms with Gasteiger partial charge in [-0.1, -0.05) is 19.1 Å². The van der Waals surface area contributed by atoms with E-state index in [9.17, 15) is 4.79 Å². The van der Waals surface area contributed by atoms with E-state index in [4.69, 9.17) is 4.74 Å². The Labute approximate surface area is 185 Å². The zero-order valence-electron chi connectivity index (χ0n) is 17.5.